The molecule has 2 N–H and O–H groups in total. The Morgan fingerprint density at radius 2 is 1.91 bits per heavy atom. The quantitative estimate of drug-likeness (QED) is 0.498. The molecule has 1 aliphatic rings. The molecule has 1 aromatic heterocycles. The smallest absolute Gasteiger partial charge is 0.324 e. The van der Waals surface area contributed by atoms with Gasteiger partial charge in [0.2, 0.25) is 5.91 Å². The van der Waals surface area contributed by atoms with E-state index in [-0.39, 0.29) is 24.8 Å². The number of carbonyl (C=O) groups is 3. The molecule has 1 fully saturated rings. The molecule has 1 aliphatic heterocycles. The van der Waals surface area contributed by atoms with Crippen LogP contribution >= 0.6 is 0 Å². The molecule has 3 aromatic rings. The first kappa shape index (κ1) is 21.4. The van der Waals surface area contributed by atoms with Crippen LogP contribution in [0.3, 0.4) is 0 Å². The molecule has 166 valence electrons. The van der Waals surface area contributed by atoms with E-state index in [2.05, 4.69) is 15.6 Å². The maximum absolute atomic E-state index is 12.6. The van der Waals surface area contributed by atoms with Crippen LogP contribution in [0, 0.1) is 0 Å². The zero-order valence-electron chi connectivity index (χ0n) is 17.8. The second-order valence-corrected chi connectivity index (χ2v) is 7.57. The van der Waals surface area contributed by atoms with Crippen molar-refractivity contribution in [2.75, 3.05) is 20.2 Å². The Labute approximate surface area is 185 Å². The van der Waals surface area contributed by atoms with E-state index < -0.39 is 12.1 Å². The second kappa shape index (κ2) is 9.51. The molecular formula is C23H25N5O4. The Morgan fingerprint density at radius 3 is 2.69 bits per heavy atom. The Balaban J connectivity index is 1.24. The van der Waals surface area contributed by atoms with Crippen molar-refractivity contribution in [3.8, 4) is 5.75 Å². The highest BCUT2D eigenvalue weighted by atomic mass is 16.5. The number of rotatable bonds is 9. The van der Waals surface area contributed by atoms with Gasteiger partial charge in [-0.15, -0.1) is 0 Å². The summed E-state index contributed by atoms with van der Waals surface area (Å²) in [4.78, 5) is 42.6. The summed E-state index contributed by atoms with van der Waals surface area (Å²) >= 11 is 0. The van der Waals surface area contributed by atoms with Gasteiger partial charge in [-0.3, -0.25) is 14.5 Å². The van der Waals surface area contributed by atoms with E-state index in [1.165, 1.54) is 4.90 Å². The lowest BCUT2D eigenvalue weighted by Crippen LogP contribution is -2.37. The Hall–Kier alpha value is -3.88. The number of methoxy groups -OCH3 is 1. The van der Waals surface area contributed by atoms with Crippen LogP contribution in [0.5, 0.6) is 5.75 Å². The van der Waals surface area contributed by atoms with Gasteiger partial charge in [-0.1, -0.05) is 24.3 Å². The van der Waals surface area contributed by atoms with Crippen LogP contribution in [-0.2, 0) is 22.6 Å². The first-order valence-electron chi connectivity index (χ1n) is 10.5. The van der Waals surface area contributed by atoms with Gasteiger partial charge in [0, 0.05) is 19.6 Å². The lowest BCUT2D eigenvalue weighted by atomic mass is 10.1. The predicted molar refractivity (Wildman–Crippen MR) is 118 cm³/mol. The van der Waals surface area contributed by atoms with E-state index in [1.807, 2.05) is 53.1 Å². The molecule has 1 atom stereocenters. The number of fused-ring (bicyclic) bond motifs is 1. The number of nitrogens with zero attached hydrogens (tertiary/aromatic N) is 3. The molecule has 2 aromatic carbocycles. The summed E-state index contributed by atoms with van der Waals surface area (Å²) in [6.07, 6.45) is 2.17. The van der Waals surface area contributed by atoms with Gasteiger partial charge in [0.05, 0.1) is 30.9 Å². The largest absolute Gasteiger partial charge is 0.497 e. The van der Waals surface area contributed by atoms with E-state index in [9.17, 15) is 14.4 Å². The van der Waals surface area contributed by atoms with Gasteiger partial charge in [-0.2, -0.15) is 0 Å². The number of imidazole rings is 1. The van der Waals surface area contributed by atoms with Crippen molar-refractivity contribution in [1.82, 2.24) is 25.1 Å². The number of para-hydroxylation sites is 2. The summed E-state index contributed by atoms with van der Waals surface area (Å²) in [5.74, 6) is 0.0837. The fourth-order valence-corrected chi connectivity index (χ4v) is 3.72. The average Bonchev–Trinajstić information content (AvgIpc) is 3.33. The van der Waals surface area contributed by atoms with Crippen LogP contribution in [0.15, 0.2) is 54.9 Å². The van der Waals surface area contributed by atoms with Crippen LogP contribution in [0.4, 0.5) is 4.79 Å². The highest BCUT2D eigenvalue weighted by molar-refractivity contribution is 6.05. The van der Waals surface area contributed by atoms with Crippen molar-refractivity contribution in [2.24, 2.45) is 0 Å². The molecule has 0 aliphatic carbocycles. The molecule has 0 radical (unpaired) electrons. The number of imide groups is 1. The van der Waals surface area contributed by atoms with E-state index in [1.54, 1.807) is 13.4 Å². The maximum atomic E-state index is 12.6. The Kier molecular flexibility index (Phi) is 6.34. The average molecular weight is 435 g/mol. The number of urea groups is 1. The number of aromatic nitrogens is 2. The third kappa shape index (κ3) is 4.72. The monoisotopic (exact) mass is 435 g/mol. The van der Waals surface area contributed by atoms with Crippen LogP contribution in [0.25, 0.3) is 11.0 Å². The maximum Gasteiger partial charge on any atom is 0.324 e. The summed E-state index contributed by atoms with van der Waals surface area (Å²) in [5.41, 5.74) is 2.87. The van der Waals surface area contributed by atoms with Gasteiger partial charge in [0.25, 0.3) is 5.91 Å². The predicted octanol–water partition coefficient (Wildman–Crippen LogP) is 1.71. The molecule has 0 saturated carbocycles. The molecule has 9 nitrogen and oxygen atoms in total. The molecule has 1 saturated heterocycles. The van der Waals surface area contributed by atoms with Gasteiger partial charge in [0.1, 0.15) is 11.8 Å². The van der Waals surface area contributed by atoms with Gasteiger partial charge < -0.3 is 19.9 Å². The molecule has 0 spiro atoms. The number of ether oxygens (including phenoxy) is 1. The SMILES string of the molecule is COc1ccc(CCN2C(=O)NC(CC(=O)NCCn3cnc4ccccc43)C2=O)cc1. The van der Waals surface area contributed by atoms with Gasteiger partial charge in [-0.05, 0) is 36.2 Å². The summed E-state index contributed by atoms with van der Waals surface area (Å²) in [5, 5.41) is 5.42. The van der Waals surface area contributed by atoms with Gasteiger partial charge in [-0.25, -0.2) is 9.78 Å². The van der Waals surface area contributed by atoms with E-state index in [0.29, 0.717) is 19.5 Å². The van der Waals surface area contributed by atoms with Crippen molar-refractivity contribution >= 4 is 28.9 Å². The highest BCUT2D eigenvalue weighted by Gasteiger charge is 2.38. The Morgan fingerprint density at radius 1 is 1.12 bits per heavy atom. The zero-order valence-corrected chi connectivity index (χ0v) is 17.8. The second-order valence-electron chi connectivity index (χ2n) is 7.57. The minimum atomic E-state index is -0.840. The first-order chi connectivity index (χ1) is 15.5. The number of hydrogen-bond acceptors (Lipinski definition) is 5. The first-order valence-corrected chi connectivity index (χ1v) is 10.5. The van der Waals surface area contributed by atoms with Gasteiger partial charge in [0.15, 0.2) is 0 Å². The highest BCUT2D eigenvalue weighted by Crippen LogP contribution is 2.15. The minimum absolute atomic E-state index is 0.0890. The summed E-state index contributed by atoms with van der Waals surface area (Å²) in [7, 11) is 1.60. The van der Waals surface area contributed by atoms with Crippen LogP contribution in [0.1, 0.15) is 12.0 Å². The topological polar surface area (TPSA) is 106 Å². The number of nitrogens with one attached hydrogen (secondary N) is 2. The lowest BCUT2D eigenvalue weighted by molar-refractivity contribution is -0.130. The third-order valence-corrected chi connectivity index (χ3v) is 5.48. The van der Waals surface area contributed by atoms with Crippen LogP contribution in [-0.4, -0.2) is 58.5 Å². The van der Waals surface area contributed by atoms with Crippen molar-refractivity contribution in [2.45, 2.75) is 25.4 Å². The molecular weight excluding hydrogens is 410 g/mol. The minimum Gasteiger partial charge on any atom is -0.497 e. The Bertz CT molecular complexity index is 1120. The summed E-state index contributed by atoms with van der Waals surface area (Å²) in [6, 6.07) is 13.9. The fraction of sp³-hybridized carbons (Fsp3) is 0.304. The van der Waals surface area contributed by atoms with Crippen molar-refractivity contribution in [1.29, 1.82) is 0 Å². The normalized spacial score (nSPS) is 15.8. The molecule has 9 heteroatoms. The summed E-state index contributed by atoms with van der Waals surface area (Å²) < 4.78 is 7.09. The van der Waals surface area contributed by atoms with E-state index >= 15 is 0 Å². The molecule has 1 unspecified atom stereocenters. The standard InChI is InChI=1S/C23H25N5O4/c1-32-17-8-6-16(7-9-17)10-12-28-22(30)19(26-23(28)31)14-21(29)24-11-13-27-15-25-18-4-2-3-5-20(18)27/h2-9,15,19H,10-14H2,1H3,(H,24,29)(H,26,31). The fourth-order valence-electron chi connectivity index (χ4n) is 3.72. The number of benzene rings is 2. The number of carbonyl (C=O) groups excluding carboxylic acids is 3. The zero-order chi connectivity index (χ0) is 22.5. The van der Waals surface area contributed by atoms with E-state index in [0.717, 1.165) is 22.3 Å². The third-order valence-electron chi connectivity index (χ3n) is 5.48. The van der Waals surface area contributed by atoms with Crippen molar-refractivity contribution in [3.63, 3.8) is 0 Å². The molecule has 0 bridgehead atoms. The summed E-state index contributed by atoms with van der Waals surface area (Å²) in [6.45, 7) is 1.21. The number of hydrogen-bond donors (Lipinski definition) is 2. The lowest BCUT2D eigenvalue weighted by Gasteiger charge is -2.13. The van der Waals surface area contributed by atoms with E-state index in [4.69, 9.17) is 4.74 Å². The van der Waals surface area contributed by atoms with Crippen LogP contribution in [0.2, 0.25) is 0 Å². The number of amides is 4. The van der Waals surface area contributed by atoms with Crippen molar-refractivity contribution < 1.29 is 19.1 Å². The van der Waals surface area contributed by atoms with Gasteiger partial charge >= 0.3 is 6.03 Å². The molecule has 4 rings (SSSR count). The molecule has 4 amide bonds. The van der Waals surface area contributed by atoms with Crippen molar-refractivity contribution in [3.05, 3.63) is 60.4 Å². The molecule has 2 heterocycles. The molecule has 32 heavy (non-hydrogen) atoms. The van der Waals surface area contributed by atoms with Crippen LogP contribution < -0.4 is 15.4 Å².